The first-order valence-corrected chi connectivity index (χ1v) is 7.59. The van der Waals surface area contributed by atoms with Crippen molar-refractivity contribution in [1.29, 1.82) is 0 Å². The number of hydrogen-bond acceptors (Lipinski definition) is 5. The van der Waals surface area contributed by atoms with Gasteiger partial charge in [-0.25, -0.2) is 0 Å². The summed E-state index contributed by atoms with van der Waals surface area (Å²) < 4.78 is 1.98. The van der Waals surface area contributed by atoms with Crippen LogP contribution >= 0.6 is 11.8 Å². The zero-order chi connectivity index (χ0) is 13.8. The van der Waals surface area contributed by atoms with Gasteiger partial charge in [0.15, 0.2) is 5.16 Å². The Morgan fingerprint density at radius 2 is 2.26 bits per heavy atom. The summed E-state index contributed by atoms with van der Waals surface area (Å²) in [6.45, 7) is 3.77. The summed E-state index contributed by atoms with van der Waals surface area (Å²) in [6, 6.07) is 0. The normalized spacial score (nSPS) is 15.3. The molecule has 1 heterocycles. The molecule has 1 aromatic rings. The summed E-state index contributed by atoms with van der Waals surface area (Å²) in [5, 5.41) is 17.7. The first-order valence-electron chi connectivity index (χ1n) is 6.60. The molecule has 0 atom stereocenters. The number of carbonyl (C=O) groups is 1. The molecule has 0 radical (unpaired) electrons. The quantitative estimate of drug-likeness (QED) is 0.769. The highest BCUT2D eigenvalue weighted by atomic mass is 32.2. The van der Waals surface area contributed by atoms with Crippen molar-refractivity contribution < 1.29 is 9.90 Å². The number of carboxylic acids is 1. The van der Waals surface area contributed by atoms with Crippen LogP contribution in [0.15, 0.2) is 5.16 Å². The van der Waals surface area contributed by atoms with Crippen LogP contribution in [-0.2, 0) is 11.3 Å². The third-order valence-corrected chi connectivity index (χ3v) is 4.39. The van der Waals surface area contributed by atoms with Gasteiger partial charge < -0.3 is 10.0 Å². The maximum absolute atomic E-state index is 10.6. The molecular weight excluding hydrogens is 264 g/mol. The van der Waals surface area contributed by atoms with E-state index in [0.717, 1.165) is 25.0 Å². The van der Waals surface area contributed by atoms with Gasteiger partial charge in [0.05, 0.1) is 5.75 Å². The molecule has 19 heavy (non-hydrogen) atoms. The van der Waals surface area contributed by atoms with Gasteiger partial charge in [-0.15, -0.1) is 10.2 Å². The number of aromatic nitrogens is 3. The van der Waals surface area contributed by atoms with Crippen LogP contribution in [0.2, 0.25) is 0 Å². The Morgan fingerprint density at radius 3 is 2.79 bits per heavy atom. The van der Waals surface area contributed by atoms with E-state index in [-0.39, 0.29) is 5.75 Å². The standard InChI is InChI=1S/C12H20N4O2S/c1-3-16-11(15(2)7-9-5-4-6-9)13-14-12(16)19-8-10(17)18/h9H,3-8H2,1-2H3,(H,17,18). The molecule has 0 saturated heterocycles. The maximum atomic E-state index is 10.6. The van der Waals surface area contributed by atoms with Gasteiger partial charge in [-0.05, 0) is 25.7 Å². The molecule has 7 heteroatoms. The summed E-state index contributed by atoms with van der Waals surface area (Å²) in [4.78, 5) is 12.7. The molecule has 6 nitrogen and oxygen atoms in total. The molecule has 0 aliphatic heterocycles. The van der Waals surface area contributed by atoms with Gasteiger partial charge >= 0.3 is 5.97 Å². The lowest BCUT2D eigenvalue weighted by Crippen LogP contribution is -2.31. The highest BCUT2D eigenvalue weighted by molar-refractivity contribution is 7.99. The molecule has 0 unspecified atom stereocenters. The van der Waals surface area contributed by atoms with Gasteiger partial charge in [0.2, 0.25) is 5.95 Å². The van der Waals surface area contributed by atoms with E-state index in [1.807, 2.05) is 18.5 Å². The SMILES string of the molecule is CCn1c(SCC(=O)O)nnc1N(C)CC1CCC1. The van der Waals surface area contributed by atoms with Crippen molar-refractivity contribution in [3.8, 4) is 0 Å². The van der Waals surface area contributed by atoms with Gasteiger partial charge in [0.25, 0.3) is 0 Å². The largest absolute Gasteiger partial charge is 0.481 e. The number of carboxylic acid groups (broad SMARTS) is 1. The average molecular weight is 284 g/mol. The Labute approximate surface area is 117 Å². The van der Waals surface area contributed by atoms with Crippen LogP contribution in [0.1, 0.15) is 26.2 Å². The Kier molecular flexibility index (Phi) is 4.68. The zero-order valence-corrected chi connectivity index (χ0v) is 12.2. The van der Waals surface area contributed by atoms with E-state index >= 15 is 0 Å². The van der Waals surface area contributed by atoms with E-state index in [1.165, 1.54) is 31.0 Å². The number of anilines is 1. The molecule has 1 N–H and O–H groups in total. The fourth-order valence-corrected chi connectivity index (χ4v) is 2.94. The predicted octanol–water partition coefficient (Wildman–Crippen LogP) is 1.71. The van der Waals surface area contributed by atoms with E-state index in [9.17, 15) is 4.79 Å². The van der Waals surface area contributed by atoms with Gasteiger partial charge in [-0.2, -0.15) is 0 Å². The molecule has 2 rings (SSSR count). The van der Waals surface area contributed by atoms with E-state index in [2.05, 4.69) is 15.1 Å². The molecule has 1 aliphatic carbocycles. The molecule has 1 aliphatic rings. The van der Waals surface area contributed by atoms with E-state index < -0.39 is 5.97 Å². The second-order valence-corrected chi connectivity index (χ2v) is 5.83. The topological polar surface area (TPSA) is 71.2 Å². The van der Waals surface area contributed by atoms with Crippen molar-refractivity contribution in [2.45, 2.75) is 37.9 Å². The van der Waals surface area contributed by atoms with Crippen LogP contribution in [0, 0.1) is 5.92 Å². The Balaban J connectivity index is 2.04. The smallest absolute Gasteiger partial charge is 0.313 e. The van der Waals surface area contributed by atoms with Crippen LogP contribution in [0.5, 0.6) is 0 Å². The van der Waals surface area contributed by atoms with Crippen LogP contribution in [0.4, 0.5) is 5.95 Å². The minimum atomic E-state index is -0.833. The predicted molar refractivity (Wildman–Crippen MR) is 74.7 cm³/mol. The average Bonchev–Trinajstić information content (AvgIpc) is 2.73. The fourth-order valence-electron chi connectivity index (χ4n) is 2.22. The fraction of sp³-hybridized carbons (Fsp3) is 0.750. The minimum absolute atomic E-state index is 0.0183. The van der Waals surface area contributed by atoms with Crippen molar-refractivity contribution in [3.05, 3.63) is 0 Å². The lowest BCUT2D eigenvalue weighted by molar-refractivity contribution is -0.133. The molecule has 1 saturated carbocycles. The van der Waals surface area contributed by atoms with Crippen LogP contribution < -0.4 is 4.90 Å². The van der Waals surface area contributed by atoms with Gasteiger partial charge in [0.1, 0.15) is 0 Å². The van der Waals surface area contributed by atoms with Crippen molar-refractivity contribution in [2.24, 2.45) is 5.92 Å². The molecule has 1 aromatic heterocycles. The Bertz CT molecular complexity index is 445. The zero-order valence-electron chi connectivity index (χ0n) is 11.4. The monoisotopic (exact) mass is 284 g/mol. The van der Waals surface area contributed by atoms with E-state index in [1.54, 1.807) is 0 Å². The molecule has 106 valence electrons. The molecule has 1 fully saturated rings. The molecule has 0 amide bonds. The first kappa shape index (κ1) is 14.2. The lowest BCUT2D eigenvalue weighted by Gasteiger charge is -2.30. The van der Waals surface area contributed by atoms with Crippen molar-refractivity contribution in [1.82, 2.24) is 14.8 Å². The number of rotatable bonds is 7. The van der Waals surface area contributed by atoms with E-state index in [4.69, 9.17) is 5.11 Å². The summed E-state index contributed by atoms with van der Waals surface area (Å²) in [7, 11) is 2.03. The third kappa shape index (κ3) is 3.40. The van der Waals surface area contributed by atoms with E-state index in [0.29, 0.717) is 5.16 Å². The maximum Gasteiger partial charge on any atom is 0.313 e. The number of nitrogens with zero attached hydrogens (tertiary/aromatic N) is 4. The summed E-state index contributed by atoms with van der Waals surface area (Å²) >= 11 is 1.22. The number of hydrogen-bond donors (Lipinski definition) is 1. The molecule has 0 bridgehead atoms. The number of aliphatic carboxylic acids is 1. The highest BCUT2D eigenvalue weighted by Gasteiger charge is 2.22. The van der Waals surface area contributed by atoms with Crippen LogP contribution in [-0.4, -0.2) is 45.2 Å². The van der Waals surface area contributed by atoms with Crippen molar-refractivity contribution >= 4 is 23.7 Å². The highest BCUT2D eigenvalue weighted by Crippen LogP contribution is 2.29. The minimum Gasteiger partial charge on any atom is -0.481 e. The van der Waals surface area contributed by atoms with Gasteiger partial charge in [-0.1, -0.05) is 18.2 Å². The number of thioether (sulfide) groups is 1. The van der Waals surface area contributed by atoms with Crippen molar-refractivity contribution in [2.75, 3.05) is 24.2 Å². The van der Waals surface area contributed by atoms with Gasteiger partial charge in [-0.3, -0.25) is 9.36 Å². The lowest BCUT2D eigenvalue weighted by atomic mass is 9.85. The Hall–Kier alpha value is -1.24. The summed E-state index contributed by atoms with van der Waals surface area (Å²) in [6.07, 6.45) is 3.93. The molecular formula is C12H20N4O2S. The summed E-state index contributed by atoms with van der Waals surface area (Å²) in [5.74, 6) is 0.786. The first-order chi connectivity index (χ1) is 9.11. The second-order valence-electron chi connectivity index (χ2n) is 4.89. The Morgan fingerprint density at radius 1 is 1.53 bits per heavy atom. The van der Waals surface area contributed by atoms with Crippen molar-refractivity contribution in [3.63, 3.8) is 0 Å². The van der Waals surface area contributed by atoms with Crippen LogP contribution in [0.25, 0.3) is 0 Å². The molecule has 0 aromatic carbocycles. The molecule has 0 spiro atoms. The second kappa shape index (κ2) is 6.27. The van der Waals surface area contributed by atoms with Gasteiger partial charge in [0, 0.05) is 20.1 Å². The van der Waals surface area contributed by atoms with Crippen LogP contribution in [0.3, 0.4) is 0 Å². The third-order valence-electron chi connectivity index (χ3n) is 3.44. The summed E-state index contributed by atoms with van der Waals surface area (Å²) in [5.41, 5.74) is 0.